The lowest BCUT2D eigenvalue weighted by molar-refractivity contribution is -0.132. The van der Waals surface area contributed by atoms with Crippen LogP contribution in [-0.2, 0) is 16.1 Å². The summed E-state index contributed by atoms with van der Waals surface area (Å²) in [4.78, 5) is 31.8. The topological polar surface area (TPSA) is 53.1 Å². The summed E-state index contributed by atoms with van der Waals surface area (Å²) < 4.78 is 19.0. The molecule has 0 bridgehead atoms. The van der Waals surface area contributed by atoms with Gasteiger partial charge in [-0.15, -0.1) is 0 Å². The van der Waals surface area contributed by atoms with Gasteiger partial charge in [-0.3, -0.25) is 9.59 Å². The number of anilines is 1. The van der Waals surface area contributed by atoms with E-state index in [0.717, 1.165) is 37.3 Å². The van der Waals surface area contributed by atoms with Crippen LogP contribution in [0.15, 0.2) is 48.5 Å². The molecule has 0 fully saturated rings. The fourth-order valence-electron chi connectivity index (χ4n) is 4.35. The van der Waals surface area contributed by atoms with Gasteiger partial charge in [0.15, 0.2) is 0 Å². The molecule has 0 spiro atoms. The Balaban J connectivity index is 1.77. The highest BCUT2D eigenvalue weighted by atomic mass is 19.1. The zero-order chi connectivity index (χ0) is 24.5. The number of amides is 2. The molecular formula is C27H36FN3O3. The van der Waals surface area contributed by atoms with Gasteiger partial charge >= 0.3 is 0 Å². The first kappa shape index (κ1) is 25.7. The molecule has 1 aliphatic rings. The van der Waals surface area contributed by atoms with E-state index in [1.165, 1.54) is 12.1 Å². The molecule has 0 aromatic heterocycles. The van der Waals surface area contributed by atoms with E-state index in [0.29, 0.717) is 31.3 Å². The van der Waals surface area contributed by atoms with Crippen molar-refractivity contribution in [2.24, 2.45) is 5.92 Å². The Morgan fingerprint density at radius 3 is 2.56 bits per heavy atom. The molecule has 0 saturated heterocycles. The van der Waals surface area contributed by atoms with Crippen LogP contribution < -0.4 is 9.64 Å². The molecule has 3 rings (SSSR count). The van der Waals surface area contributed by atoms with Gasteiger partial charge in [0, 0.05) is 51.4 Å². The zero-order valence-corrected chi connectivity index (χ0v) is 20.5. The Morgan fingerprint density at radius 2 is 1.82 bits per heavy atom. The molecule has 184 valence electrons. The van der Waals surface area contributed by atoms with E-state index in [1.807, 2.05) is 34.1 Å². The number of hydrogen-bond acceptors (Lipinski definition) is 4. The van der Waals surface area contributed by atoms with Crippen LogP contribution in [0.3, 0.4) is 0 Å². The van der Waals surface area contributed by atoms with E-state index in [9.17, 15) is 14.0 Å². The fraction of sp³-hybridized carbons (Fsp3) is 0.481. The molecule has 34 heavy (non-hydrogen) atoms. The van der Waals surface area contributed by atoms with Crippen molar-refractivity contribution in [2.75, 3.05) is 44.2 Å². The SMILES string of the molecule is CC(=O)N1CCCN(CC(C)C)CCN(C(=O)CCOc2cccc(F)c2)Cc2ccccc21. The molecule has 0 radical (unpaired) electrons. The summed E-state index contributed by atoms with van der Waals surface area (Å²) in [6.45, 7) is 10.4. The second-order valence-corrected chi connectivity index (χ2v) is 9.22. The molecule has 2 aromatic carbocycles. The lowest BCUT2D eigenvalue weighted by Gasteiger charge is -2.29. The molecule has 2 amide bonds. The number of hydrogen-bond donors (Lipinski definition) is 0. The van der Waals surface area contributed by atoms with Crippen LogP contribution in [0.4, 0.5) is 10.1 Å². The van der Waals surface area contributed by atoms with Crippen molar-refractivity contribution in [3.63, 3.8) is 0 Å². The van der Waals surface area contributed by atoms with E-state index >= 15 is 0 Å². The van der Waals surface area contributed by atoms with E-state index in [-0.39, 0.29) is 30.7 Å². The van der Waals surface area contributed by atoms with Gasteiger partial charge in [0.05, 0.1) is 13.0 Å². The third kappa shape index (κ3) is 7.55. The van der Waals surface area contributed by atoms with Crippen molar-refractivity contribution < 1.29 is 18.7 Å². The Labute approximate surface area is 202 Å². The minimum Gasteiger partial charge on any atom is -0.493 e. The maximum absolute atomic E-state index is 13.4. The molecule has 1 aliphatic heterocycles. The molecule has 0 atom stereocenters. The van der Waals surface area contributed by atoms with Gasteiger partial charge < -0.3 is 19.4 Å². The number of halogens is 1. The minimum absolute atomic E-state index is 0.00322. The molecule has 1 heterocycles. The van der Waals surface area contributed by atoms with Crippen molar-refractivity contribution in [3.8, 4) is 5.75 Å². The van der Waals surface area contributed by atoms with Crippen LogP contribution in [0.1, 0.15) is 39.2 Å². The third-order valence-corrected chi connectivity index (χ3v) is 5.92. The molecule has 6 nitrogen and oxygen atoms in total. The second kappa shape index (κ2) is 12.5. The zero-order valence-electron chi connectivity index (χ0n) is 20.5. The number of nitrogens with zero attached hydrogens (tertiary/aromatic N) is 3. The Kier molecular flexibility index (Phi) is 9.45. The van der Waals surface area contributed by atoms with Gasteiger partial charge in [0.2, 0.25) is 11.8 Å². The maximum Gasteiger partial charge on any atom is 0.226 e. The van der Waals surface area contributed by atoms with Crippen molar-refractivity contribution in [2.45, 2.75) is 40.2 Å². The maximum atomic E-state index is 13.4. The average Bonchev–Trinajstić information content (AvgIpc) is 2.82. The van der Waals surface area contributed by atoms with Crippen molar-refractivity contribution in [3.05, 3.63) is 59.9 Å². The number of ether oxygens (including phenoxy) is 1. The predicted molar refractivity (Wildman–Crippen MR) is 132 cm³/mol. The summed E-state index contributed by atoms with van der Waals surface area (Å²) in [5.74, 6) is 0.534. The van der Waals surface area contributed by atoms with E-state index < -0.39 is 0 Å². The summed E-state index contributed by atoms with van der Waals surface area (Å²) >= 11 is 0. The van der Waals surface area contributed by atoms with Gasteiger partial charge in [-0.1, -0.05) is 38.1 Å². The highest BCUT2D eigenvalue weighted by Crippen LogP contribution is 2.24. The average molecular weight is 470 g/mol. The van der Waals surface area contributed by atoms with Crippen molar-refractivity contribution in [1.29, 1.82) is 0 Å². The molecule has 0 unspecified atom stereocenters. The summed E-state index contributed by atoms with van der Waals surface area (Å²) in [7, 11) is 0. The van der Waals surface area contributed by atoms with Crippen LogP contribution in [0, 0.1) is 11.7 Å². The van der Waals surface area contributed by atoms with Crippen molar-refractivity contribution in [1.82, 2.24) is 9.80 Å². The monoisotopic (exact) mass is 469 g/mol. The molecule has 7 heteroatoms. The molecule has 2 aromatic rings. The van der Waals surface area contributed by atoms with E-state index in [4.69, 9.17) is 4.74 Å². The first-order valence-corrected chi connectivity index (χ1v) is 12.1. The van der Waals surface area contributed by atoms with Crippen LogP contribution in [0.25, 0.3) is 0 Å². The standard InChI is InChI=1S/C27H36FN3O3/c1-21(2)19-29-13-7-14-31(22(3)32)26-11-5-4-8-23(26)20-30(16-15-29)27(33)12-17-34-25-10-6-9-24(28)18-25/h4-6,8-11,18,21H,7,12-17,19-20H2,1-3H3. The van der Waals surface area contributed by atoms with Crippen LogP contribution in [-0.4, -0.2) is 60.9 Å². The fourth-order valence-corrected chi connectivity index (χ4v) is 4.35. The van der Waals surface area contributed by atoms with Crippen LogP contribution in [0.2, 0.25) is 0 Å². The Morgan fingerprint density at radius 1 is 1.03 bits per heavy atom. The summed E-state index contributed by atoms with van der Waals surface area (Å²) in [6, 6.07) is 13.7. The third-order valence-electron chi connectivity index (χ3n) is 5.92. The van der Waals surface area contributed by atoms with E-state index in [1.54, 1.807) is 19.1 Å². The number of fused-ring (bicyclic) bond motifs is 1. The Bertz CT molecular complexity index is 966. The lowest BCUT2D eigenvalue weighted by atomic mass is 10.1. The largest absolute Gasteiger partial charge is 0.493 e. The molecule has 0 aliphatic carbocycles. The van der Waals surface area contributed by atoms with Gasteiger partial charge in [-0.2, -0.15) is 0 Å². The summed E-state index contributed by atoms with van der Waals surface area (Å²) in [6.07, 6.45) is 1.06. The molecule has 0 N–H and O–H groups in total. The quantitative estimate of drug-likeness (QED) is 0.632. The normalized spacial score (nSPS) is 15.6. The smallest absolute Gasteiger partial charge is 0.226 e. The highest BCUT2D eigenvalue weighted by Gasteiger charge is 2.22. The van der Waals surface area contributed by atoms with Crippen LogP contribution in [0.5, 0.6) is 5.75 Å². The first-order chi connectivity index (χ1) is 16.3. The lowest BCUT2D eigenvalue weighted by Crippen LogP contribution is -2.40. The highest BCUT2D eigenvalue weighted by molar-refractivity contribution is 5.92. The number of carbonyl (C=O) groups is 2. The minimum atomic E-state index is -0.368. The van der Waals surface area contributed by atoms with Gasteiger partial charge in [0.1, 0.15) is 11.6 Å². The summed E-state index contributed by atoms with van der Waals surface area (Å²) in [5, 5.41) is 0. The number of rotatable bonds is 6. The summed E-state index contributed by atoms with van der Waals surface area (Å²) in [5.41, 5.74) is 1.82. The van der Waals surface area contributed by atoms with Crippen LogP contribution >= 0.6 is 0 Å². The van der Waals surface area contributed by atoms with Gasteiger partial charge in [-0.05, 0) is 42.6 Å². The Hall–Kier alpha value is -2.93. The predicted octanol–water partition coefficient (Wildman–Crippen LogP) is 4.34. The molecule has 0 saturated carbocycles. The second-order valence-electron chi connectivity index (χ2n) is 9.22. The van der Waals surface area contributed by atoms with Gasteiger partial charge in [0.25, 0.3) is 0 Å². The van der Waals surface area contributed by atoms with Gasteiger partial charge in [-0.25, -0.2) is 4.39 Å². The number of benzene rings is 2. The number of para-hydroxylation sites is 1. The first-order valence-electron chi connectivity index (χ1n) is 12.1. The van der Waals surface area contributed by atoms with E-state index in [2.05, 4.69) is 18.7 Å². The number of carbonyl (C=O) groups excluding carboxylic acids is 2. The molecular weight excluding hydrogens is 433 g/mol. The van der Waals surface area contributed by atoms with Crippen molar-refractivity contribution >= 4 is 17.5 Å².